The number of carbonyl (C=O) groups is 1. The number of nitrogens with one attached hydrogen (secondary N) is 1. The minimum atomic E-state index is 0.0370. The zero-order valence-electron chi connectivity index (χ0n) is 20.2. The van der Waals surface area contributed by atoms with Crippen molar-refractivity contribution in [1.82, 2.24) is 10.2 Å². The van der Waals surface area contributed by atoms with Gasteiger partial charge in [0.15, 0.2) is 0 Å². The highest BCUT2D eigenvalue weighted by atomic mass is 35.5. The molecule has 1 fully saturated rings. The van der Waals surface area contributed by atoms with E-state index in [0.29, 0.717) is 87.4 Å². The number of anilines is 1. The third kappa shape index (κ3) is 10.2. The van der Waals surface area contributed by atoms with Gasteiger partial charge in [0.1, 0.15) is 5.84 Å². The summed E-state index contributed by atoms with van der Waals surface area (Å²) >= 11 is 12.1. The fourth-order valence-electron chi connectivity index (χ4n) is 4.08. The molecular weight excluding hydrogens is 493 g/mol. The van der Waals surface area contributed by atoms with Crippen molar-refractivity contribution in [2.24, 2.45) is 16.8 Å². The van der Waals surface area contributed by atoms with E-state index in [4.69, 9.17) is 43.1 Å². The van der Waals surface area contributed by atoms with Crippen molar-refractivity contribution in [3.8, 4) is 0 Å². The average molecular weight is 530 g/mol. The number of nitrogens with zero attached hydrogens (tertiary/aromatic N) is 3. The topological polar surface area (TPSA) is 102 Å². The third-order valence-electron chi connectivity index (χ3n) is 6.03. The predicted molar refractivity (Wildman–Crippen MR) is 139 cm³/mol. The Morgan fingerprint density at radius 1 is 1.00 bits per heavy atom. The van der Waals surface area contributed by atoms with Gasteiger partial charge in [0.2, 0.25) is 5.91 Å². The maximum Gasteiger partial charge on any atom is 0.225 e. The van der Waals surface area contributed by atoms with Gasteiger partial charge in [-0.05, 0) is 50.0 Å². The van der Waals surface area contributed by atoms with Gasteiger partial charge in [-0.15, -0.1) is 0 Å². The van der Waals surface area contributed by atoms with Crippen LogP contribution in [0.25, 0.3) is 0 Å². The Morgan fingerprint density at radius 2 is 1.69 bits per heavy atom. The zero-order chi connectivity index (χ0) is 24.9. The second-order valence-electron chi connectivity index (χ2n) is 8.68. The lowest BCUT2D eigenvalue weighted by Gasteiger charge is -2.31. The fraction of sp³-hybridized carbons (Fsp3) is 0.667. The SMILES string of the molecule is NCCOCCOCCOCCN1CCC(CC(=O)NC2=NN(c3ccc(Cl)c(Cl)c3)CC2)CC1. The molecule has 0 atom stereocenters. The van der Waals surface area contributed by atoms with Crippen LogP contribution < -0.4 is 16.1 Å². The Kier molecular flexibility index (Phi) is 12.5. The van der Waals surface area contributed by atoms with Crippen molar-refractivity contribution in [1.29, 1.82) is 0 Å². The zero-order valence-corrected chi connectivity index (χ0v) is 21.7. The molecule has 0 spiro atoms. The first-order chi connectivity index (χ1) is 17.0. The van der Waals surface area contributed by atoms with Crippen LogP contribution in [-0.2, 0) is 19.0 Å². The summed E-state index contributed by atoms with van der Waals surface area (Å²) in [6, 6.07) is 5.41. The number of hydrogen-bond acceptors (Lipinski definition) is 8. The molecule has 0 aliphatic carbocycles. The minimum Gasteiger partial charge on any atom is -0.378 e. The molecule has 1 aromatic rings. The number of ether oxygens (including phenoxy) is 3. The van der Waals surface area contributed by atoms with Crippen molar-refractivity contribution >= 4 is 40.6 Å². The molecule has 1 amide bonds. The van der Waals surface area contributed by atoms with Crippen LogP contribution in [-0.4, -0.2) is 89.0 Å². The maximum absolute atomic E-state index is 12.6. The molecule has 0 bridgehead atoms. The van der Waals surface area contributed by atoms with Gasteiger partial charge in [-0.2, -0.15) is 5.10 Å². The van der Waals surface area contributed by atoms with Crippen molar-refractivity contribution in [2.75, 3.05) is 77.4 Å². The van der Waals surface area contributed by atoms with Gasteiger partial charge in [-0.3, -0.25) is 9.80 Å². The summed E-state index contributed by atoms with van der Waals surface area (Å²) in [6.07, 6.45) is 3.25. The summed E-state index contributed by atoms with van der Waals surface area (Å²) in [5.74, 6) is 1.13. The molecule has 196 valence electrons. The Labute approximate surface area is 217 Å². The van der Waals surface area contributed by atoms with E-state index in [0.717, 1.165) is 38.2 Å². The highest BCUT2D eigenvalue weighted by molar-refractivity contribution is 6.42. The summed E-state index contributed by atoms with van der Waals surface area (Å²) in [7, 11) is 0. The monoisotopic (exact) mass is 529 g/mol. The Bertz CT molecular complexity index is 821. The van der Waals surface area contributed by atoms with Gasteiger partial charge in [0.05, 0.1) is 55.4 Å². The number of halogens is 2. The average Bonchev–Trinajstić information content (AvgIpc) is 3.31. The number of benzene rings is 1. The van der Waals surface area contributed by atoms with E-state index in [-0.39, 0.29) is 5.91 Å². The summed E-state index contributed by atoms with van der Waals surface area (Å²) in [5, 5.41) is 10.3. The van der Waals surface area contributed by atoms with Crippen LogP contribution in [0.1, 0.15) is 25.7 Å². The van der Waals surface area contributed by atoms with Gasteiger partial charge in [0.25, 0.3) is 0 Å². The number of carbonyl (C=O) groups excluding carboxylic acids is 1. The molecular formula is C24H37Cl2N5O4. The summed E-state index contributed by atoms with van der Waals surface area (Å²) in [5.41, 5.74) is 6.21. The van der Waals surface area contributed by atoms with Gasteiger partial charge in [-0.1, -0.05) is 23.2 Å². The van der Waals surface area contributed by atoms with Crippen molar-refractivity contribution in [2.45, 2.75) is 25.7 Å². The lowest BCUT2D eigenvalue weighted by molar-refractivity contribution is -0.121. The number of piperidine rings is 1. The molecule has 9 nitrogen and oxygen atoms in total. The molecule has 2 aliphatic heterocycles. The number of amidine groups is 1. The summed E-state index contributed by atoms with van der Waals surface area (Å²) in [6.45, 7) is 7.64. The highest BCUT2D eigenvalue weighted by Gasteiger charge is 2.23. The molecule has 3 N–H and O–H groups in total. The quantitative estimate of drug-likeness (QED) is 0.357. The van der Waals surface area contributed by atoms with Crippen LogP contribution in [0.4, 0.5) is 5.69 Å². The van der Waals surface area contributed by atoms with Crippen LogP contribution >= 0.6 is 23.2 Å². The minimum absolute atomic E-state index is 0.0370. The van der Waals surface area contributed by atoms with E-state index >= 15 is 0 Å². The Morgan fingerprint density at radius 3 is 2.37 bits per heavy atom. The van der Waals surface area contributed by atoms with E-state index in [1.807, 2.05) is 11.1 Å². The third-order valence-corrected chi connectivity index (χ3v) is 6.77. The number of rotatable bonds is 14. The molecule has 0 radical (unpaired) electrons. The Hall–Kier alpha value is -1.46. The van der Waals surface area contributed by atoms with Crippen LogP contribution in [0.2, 0.25) is 10.0 Å². The number of hydrazone groups is 1. The molecule has 11 heteroatoms. The highest BCUT2D eigenvalue weighted by Crippen LogP contribution is 2.28. The molecule has 2 heterocycles. The first-order valence-corrected chi connectivity index (χ1v) is 13.1. The van der Waals surface area contributed by atoms with Crippen molar-refractivity contribution in [3.63, 3.8) is 0 Å². The van der Waals surface area contributed by atoms with Gasteiger partial charge < -0.3 is 30.2 Å². The first kappa shape index (κ1) is 28.1. The van der Waals surface area contributed by atoms with E-state index in [2.05, 4.69) is 15.3 Å². The van der Waals surface area contributed by atoms with E-state index < -0.39 is 0 Å². The van der Waals surface area contributed by atoms with E-state index in [1.165, 1.54) is 0 Å². The standard InChI is InChI=1S/C24H37Cl2N5O4/c25-21-2-1-20(18-22(21)26)31-9-5-23(29-31)28-24(32)17-19-3-7-30(8-4-19)10-12-34-14-16-35-15-13-33-11-6-27/h1-2,18-19H,3-17,27H2,(H,28,29,32). The molecule has 3 rings (SSSR count). The first-order valence-electron chi connectivity index (χ1n) is 12.3. The molecule has 1 aromatic carbocycles. The smallest absolute Gasteiger partial charge is 0.225 e. The normalized spacial score (nSPS) is 17.1. The second-order valence-corrected chi connectivity index (χ2v) is 9.50. The van der Waals surface area contributed by atoms with Gasteiger partial charge >= 0.3 is 0 Å². The molecule has 2 aliphatic rings. The number of amides is 1. The summed E-state index contributed by atoms with van der Waals surface area (Å²) in [4.78, 5) is 14.9. The van der Waals surface area contributed by atoms with Crippen LogP contribution in [0.15, 0.2) is 23.3 Å². The summed E-state index contributed by atoms with van der Waals surface area (Å²) < 4.78 is 16.4. The lowest BCUT2D eigenvalue weighted by atomic mass is 9.93. The van der Waals surface area contributed by atoms with Crippen molar-refractivity contribution in [3.05, 3.63) is 28.2 Å². The maximum atomic E-state index is 12.6. The lowest BCUT2D eigenvalue weighted by Crippen LogP contribution is -2.38. The predicted octanol–water partition coefficient (Wildman–Crippen LogP) is 2.74. The number of hydrogen-bond donors (Lipinski definition) is 2. The number of nitrogens with two attached hydrogens (primary N) is 1. The Balaban J connectivity index is 1.24. The van der Waals surface area contributed by atoms with Crippen molar-refractivity contribution < 1.29 is 19.0 Å². The fourth-order valence-corrected chi connectivity index (χ4v) is 4.38. The molecule has 0 saturated carbocycles. The molecule has 0 unspecified atom stereocenters. The van der Waals surface area contributed by atoms with Crippen LogP contribution in [0, 0.1) is 5.92 Å². The molecule has 35 heavy (non-hydrogen) atoms. The molecule has 0 aromatic heterocycles. The largest absolute Gasteiger partial charge is 0.378 e. The number of likely N-dealkylation sites (tertiary alicyclic amines) is 1. The molecule has 1 saturated heterocycles. The van der Waals surface area contributed by atoms with E-state index in [9.17, 15) is 4.79 Å². The van der Waals surface area contributed by atoms with Gasteiger partial charge in [0, 0.05) is 32.5 Å². The van der Waals surface area contributed by atoms with Gasteiger partial charge in [-0.25, -0.2) is 0 Å². The van der Waals surface area contributed by atoms with Crippen LogP contribution in [0.5, 0.6) is 0 Å². The van der Waals surface area contributed by atoms with Crippen LogP contribution in [0.3, 0.4) is 0 Å². The second kappa shape index (κ2) is 15.6. The van der Waals surface area contributed by atoms with E-state index in [1.54, 1.807) is 12.1 Å².